The number of benzene rings is 1. The van der Waals surface area contributed by atoms with E-state index in [0.717, 1.165) is 42.6 Å². The highest BCUT2D eigenvalue weighted by Gasteiger charge is 2.01. The molecule has 0 aliphatic carbocycles. The average molecular weight is 289 g/mol. The van der Waals surface area contributed by atoms with Gasteiger partial charge in [-0.15, -0.1) is 0 Å². The maximum absolute atomic E-state index is 8.42. The van der Waals surface area contributed by atoms with E-state index >= 15 is 0 Å². The van der Waals surface area contributed by atoms with Crippen molar-refractivity contribution in [1.82, 2.24) is 10.3 Å². The molecule has 5 heteroatoms. The van der Waals surface area contributed by atoms with Gasteiger partial charge in [-0.2, -0.15) is 5.26 Å². The standard InChI is InChI=1S/C15H17ClN4/c16-12-3-4-13-14(5-10-20-15(13)11-12)19-9-2-8-18-7-1-6-17/h3-5,10-11,18H,1-2,7-9H2,(H,19,20). The molecule has 0 spiro atoms. The molecule has 0 saturated heterocycles. The highest BCUT2D eigenvalue weighted by atomic mass is 35.5. The Morgan fingerprint density at radius 1 is 1.20 bits per heavy atom. The Kier molecular flexibility index (Phi) is 5.60. The van der Waals surface area contributed by atoms with Crippen molar-refractivity contribution >= 4 is 28.2 Å². The number of fused-ring (bicyclic) bond motifs is 1. The first kappa shape index (κ1) is 14.6. The Labute approximate surface area is 123 Å². The van der Waals surface area contributed by atoms with Crippen LogP contribution in [0, 0.1) is 11.3 Å². The van der Waals surface area contributed by atoms with E-state index in [2.05, 4.69) is 21.7 Å². The summed E-state index contributed by atoms with van der Waals surface area (Å²) in [6.07, 6.45) is 3.35. The van der Waals surface area contributed by atoms with Crippen LogP contribution in [0.5, 0.6) is 0 Å². The van der Waals surface area contributed by atoms with Crippen LogP contribution in [0.2, 0.25) is 5.02 Å². The van der Waals surface area contributed by atoms with E-state index < -0.39 is 0 Å². The van der Waals surface area contributed by atoms with Crippen molar-refractivity contribution in [3.63, 3.8) is 0 Å². The Bertz CT molecular complexity index is 606. The van der Waals surface area contributed by atoms with Gasteiger partial charge in [-0.25, -0.2) is 0 Å². The Morgan fingerprint density at radius 3 is 2.95 bits per heavy atom. The number of nitriles is 1. The van der Waals surface area contributed by atoms with Crippen LogP contribution >= 0.6 is 11.6 Å². The smallest absolute Gasteiger partial charge is 0.0737 e. The number of aromatic nitrogens is 1. The molecule has 0 radical (unpaired) electrons. The maximum atomic E-state index is 8.42. The second kappa shape index (κ2) is 7.68. The van der Waals surface area contributed by atoms with Crippen LogP contribution < -0.4 is 10.6 Å². The summed E-state index contributed by atoms with van der Waals surface area (Å²) < 4.78 is 0. The van der Waals surface area contributed by atoms with E-state index in [1.165, 1.54) is 0 Å². The third-order valence-corrected chi connectivity index (χ3v) is 3.20. The second-order valence-electron chi connectivity index (χ2n) is 4.46. The summed E-state index contributed by atoms with van der Waals surface area (Å²) in [4.78, 5) is 4.31. The average Bonchev–Trinajstić information content (AvgIpc) is 2.46. The molecule has 0 aliphatic heterocycles. The molecule has 0 saturated carbocycles. The zero-order valence-electron chi connectivity index (χ0n) is 11.2. The molecule has 2 rings (SSSR count). The molecule has 104 valence electrons. The zero-order chi connectivity index (χ0) is 14.2. The van der Waals surface area contributed by atoms with Gasteiger partial charge in [0.15, 0.2) is 0 Å². The van der Waals surface area contributed by atoms with Gasteiger partial charge in [0.1, 0.15) is 0 Å². The summed E-state index contributed by atoms with van der Waals surface area (Å²) >= 11 is 5.97. The molecule has 0 aliphatic rings. The number of hydrogen-bond donors (Lipinski definition) is 2. The van der Waals surface area contributed by atoms with Crippen LogP contribution in [-0.4, -0.2) is 24.6 Å². The molecule has 0 unspecified atom stereocenters. The van der Waals surface area contributed by atoms with Gasteiger partial charge < -0.3 is 10.6 Å². The summed E-state index contributed by atoms with van der Waals surface area (Å²) in [5, 5.41) is 16.8. The lowest BCUT2D eigenvalue weighted by Gasteiger charge is -2.09. The topological polar surface area (TPSA) is 60.7 Å². The maximum Gasteiger partial charge on any atom is 0.0737 e. The monoisotopic (exact) mass is 288 g/mol. The summed E-state index contributed by atoms with van der Waals surface area (Å²) in [5.41, 5.74) is 1.97. The van der Waals surface area contributed by atoms with E-state index in [1.807, 2.05) is 24.3 Å². The quantitative estimate of drug-likeness (QED) is 0.768. The number of anilines is 1. The number of halogens is 1. The van der Waals surface area contributed by atoms with E-state index in [-0.39, 0.29) is 0 Å². The van der Waals surface area contributed by atoms with Gasteiger partial charge in [0.25, 0.3) is 0 Å². The molecule has 0 bridgehead atoms. The van der Waals surface area contributed by atoms with Gasteiger partial charge in [-0.3, -0.25) is 4.98 Å². The fraction of sp³-hybridized carbons (Fsp3) is 0.333. The van der Waals surface area contributed by atoms with Crippen LogP contribution in [0.3, 0.4) is 0 Å². The summed E-state index contributed by atoms with van der Waals surface area (Å²) in [5.74, 6) is 0. The Balaban J connectivity index is 1.86. The van der Waals surface area contributed by atoms with E-state index in [0.29, 0.717) is 11.4 Å². The summed E-state index contributed by atoms with van der Waals surface area (Å²) in [6, 6.07) is 9.81. The number of rotatable bonds is 7. The minimum atomic E-state index is 0.559. The minimum absolute atomic E-state index is 0.559. The lowest BCUT2D eigenvalue weighted by Crippen LogP contribution is -2.18. The largest absolute Gasteiger partial charge is 0.384 e. The number of hydrogen-bond acceptors (Lipinski definition) is 4. The van der Waals surface area contributed by atoms with Gasteiger partial charge in [-0.1, -0.05) is 11.6 Å². The Hall–Kier alpha value is -1.83. The lowest BCUT2D eigenvalue weighted by molar-refractivity contribution is 0.669. The van der Waals surface area contributed by atoms with Crippen LogP contribution in [0.15, 0.2) is 30.5 Å². The van der Waals surface area contributed by atoms with Crippen molar-refractivity contribution in [1.29, 1.82) is 5.26 Å². The Morgan fingerprint density at radius 2 is 2.10 bits per heavy atom. The van der Waals surface area contributed by atoms with Crippen LogP contribution in [0.1, 0.15) is 12.8 Å². The van der Waals surface area contributed by atoms with Crippen molar-refractivity contribution in [2.24, 2.45) is 0 Å². The SMILES string of the molecule is N#CCCNCCCNc1ccnc2cc(Cl)ccc12. The molecule has 2 N–H and O–H groups in total. The van der Waals surface area contributed by atoms with Gasteiger partial charge in [0, 0.05) is 41.8 Å². The van der Waals surface area contributed by atoms with Crippen molar-refractivity contribution in [2.45, 2.75) is 12.8 Å². The molecular weight excluding hydrogens is 272 g/mol. The predicted octanol–water partition coefficient (Wildman–Crippen LogP) is 3.19. The minimum Gasteiger partial charge on any atom is -0.384 e. The molecular formula is C15H17ClN4. The fourth-order valence-corrected chi connectivity index (χ4v) is 2.15. The van der Waals surface area contributed by atoms with Gasteiger partial charge in [0.05, 0.1) is 11.6 Å². The number of pyridine rings is 1. The van der Waals surface area contributed by atoms with Gasteiger partial charge >= 0.3 is 0 Å². The van der Waals surface area contributed by atoms with E-state index in [9.17, 15) is 0 Å². The predicted molar refractivity (Wildman–Crippen MR) is 83.0 cm³/mol. The van der Waals surface area contributed by atoms with Gasteiger partial charge in [-0.05, 0) is 37.2 Å². The molecule has 0 amide bonds. The normalized spacial score (nSPS) is 10.4. The number of nitrogens with one attached hydrogen (secondary N) is 2. The zero-order valence-corrected chi connectivity index (χ0v) is 12.0. The molecule has 0 fully saturated rings. The van der Waals surface area contributed by atoms with Gasteiger partial charge in [0.2, 0.25) is 0 Å². The molecule has 20 heavy (non-hydrogen) atoms. The molecule has 1 heterocycles. The molecule has 0 atom stereocenters. The van der Waals surface area contributed by atoms with Crippen LogP contribution in [0.25, 0.3) is 10.9 Å². The molecule has 1 aromatic heterocycles. The summed E-state index contributed by atoms with van der Waals surface area (Å²) in [7, 11) is 0. The molecule has 2 aromatic rings. The van der Waals surface area contributed by atoms with Crippen LogP contribution in [0.4, 0.5) is 5.69 Å². The van der Waals surface area contributed by atoms with Crippen molar-refractivity contribution in [3.05, 3.63) is 35.5 Å². The first-order valence-corrected chi connectivity index (χ1v) is 7.05. The molecule has 1 aromatic carbocycles. The second-order valence-corrected chi connectivity index (χ2v) is 4.89. The lowest BCUT2D eigenvalue weighted by atomic mass is 10.2. The molecule has 4 nitrogen and oxygen atoms in total. The highest BCUT2D eigenvalue weighted by Crippen LogP contribution is 2.24. The first-order valence-electron chi connectivity index (χ1n) is 6.67. The van der Waals surface area contributed by atoms with Crippen LogP contribution in [-0.2, 0) is 0 Å². The summed E-state index contributed by atoms with van der Waals surface area (Å²) in [6.45, 7) is 2.54. The fourth-order valence-electron chi connectivity index (χ4n) is 1.98. The first-order chi connectivity index (χ1) is 9.81. The van der Waals surface area contributed by atoms with Crippen molar-refractivity contribution < 1.29 is 0 Å². The van der Waals surface area contributed by atoms with Crippen molar-refractivity contribution in [2.75, 3.05) is 25.0 Å². The van der Waals surface area contributed by atoms with E-state index in [1.54, 1.807) is 6.20 Å². The van der Waals surface area contributed by atoms with E-state index in [4.69, 9.17) is 16.9 Å². The third-order valence-electron chi connectivity index (χ3n) is 2.96. The number of nitrogens with zero attached hydrogens (tertiary/aromatic N) is 2. The van der Waals surface area contributed by atoms with Crippen molar-refractivity contribution in [3.8, 4) is 6.07 Å². The highest BCUT2D eigenvalue weighted by molar-refractivity contribution is 6.31. The third kappa shape index (κ3) is 4.09.